The number of rotatable bonds is 6. The maximum atomic E-state index is 12.5. The van der Waals surface area contributed by atoms with Gasteiger partial charge in [-0.1, -0.05) is 24.6 Å². The highest BCUT2D eigenvalue weighted by Crippen LogP contribution is 2.29. The summed E-state index contributed by atoms with van der Waals surface area (Å²) in [5, 5.41) is 9.00. The standard InChI is InChI=1S/C16H18ClNO3/c1-2-9-18(13-6-7-13)16(21)12-4-3-11(14(17)10-12)5-8-15(19)20/h3-5,8,10,13H,2,6-7,9H2,1H3,(H,19,20)/b8-5+. The zero-order valence-electron chi connectivity index (χ0n) is 11.9. The first kappa shape index (κ1) is 15.6. The highest BCUT2D eigenvalue weighted by atomic mass is 35.5. The van der Waals surface area contributed by atoms with Gasteiger partial charge < -0.3 is 10.0 Å². The van der Waals surface area contributed by atoms with E-state index in [0.717, 1.165) is 31.9 Å². The Morgan fingerprint density at radius 2 is 2.14 bits per heavy atom. The van der Waals surface area contributed by atoms with Crippen LogP contribution in [-0.2, 0) is 4.79 Å². The molecule has 1 aliphatic carbocycles. The van der Waals surface area contributed by atoms with Crippen molar-refractivity contribution in [2.75, 3.05) is 6.54 Å². The second-order valence-corrected chi connectivity index (χ2v) is 5.54. The Morgan fingerprint density at radius 1 is 1.43 bits per heavy atom. The zero-order chi connectivity index (χ0) is 15.4. The van der Waals surface area contributed by atoms with Crippen LogP contribution in [-0.4, -0.2) is 34.5 Å². The summed E-state index contributed by atoms with van der Waals surface area (Å²) < 4.78 is 0. The fourth-order valence-electron chi connectivity index (χ4n) is 2.20. The lowest BCUT2D eigenvalue weighted by Crippen LogP contribution is -2.33. The van der Waals surface area contributed by atoms with E-state index >= 15 is 0 Å². The number of halogens is 1. The maximum absolute atomic E-state index is 12.5. The molecule has 0 bridgehead atoms. The van der Waals surface area contributed by atoms with Crippen molar-refractivity contribution in [3.63, 3.8) is 0 Å². The number of nitrogens with zero attached hydrogens (tertiary/aromatic N) is 1. The predicted octanol–water partition coefficient (Wildman–Crippen LogP) is 3.45. The molecule has 0 aliphatic heterocycles. The van der Waals surface area contributed by atoms with Gasteiger partial charge in [-0.05, 0) is 43.0 Å². The van der Waals surface area contributed by atoms with Gasteiger partial charge in [-0.3, -0.25) is 4.79 Å². The third-order valence-corrected chi connectivity index (χ3v) is 3.69. The van der Waals surface area contributed by atoms with Gasteiger partial charge in [-0.15, -0.1) is 0 Å². The first-order valence-corrected chi connectivity index (χ1v) is 7.42. The first-order chi connectivity index (χ1) is 10.0. The first-order valence-electron chi connectivity index (χ1n) is 7.04. The number of benzene rings is 1. The molecule has 4 nitrogen and oxygen atoms in total. The second kappa shape index (κ2) is 6.76. The molecule has 1 fully saturated rings. The quantitative estimate of drug-likeness (QED) is 0.819. The third kappa shape index (κ3) is 4.08. The fourth-order valence-corrected chi connectivity index (χ4v) is 2.44. The van der Waals surface area contributed by atoms with Crippen LogP contribution in [0.2, 0.25) is 5.02 Å². The molecule has 0 heterocycles. The normalized spacial score (nSPS) is 14.4. The van der Waals surface area contributed by atoms with Crippen molar-refractivity contribution in [2.45, 2.75) is 32.2 Å². The number of carboxylic acids is 1. The molecule has 21 heavy (non-hydrogen) atoms. The molecule has 1 aliphatic rings. The topological polar surface area (TPSA) is 57.6 Å². The van der Waals surface area contributed by atoms with Crippen molar-refractivity contribution < 1.29 is 14.7 Å². The van der Waals surface area contributed by atoms with Gasteiger partial charge in [0.15, 0.2) is 0 Å². The van der Waals surface area contributed by atoms with Crippen molar-refractivity contribution in [1.29, 1.82) is 0 Å². The number of hydrogen-bond acceptors (Lipinski definition) is 2. The fraction of sp³-hybridized carbons (Fsp3) is 0.375. The summed E-state index contributed by atoms with van der Waals surface area (Å²) in [6.07, 6.45) is 5.51. The summed E-state index contributed by atoms with van der Waals surface area (Å²) >= 11 is 6.12. The summed E-state index contributed by atoms with van der Waals surface area (Å²) in [6, 6.07) is 5.34. The van der Waals surface area contributed by atoms with E-state index in [1.165, 1.54) is 6.08 Å². The van der Waals surface area contributed by atoms with Crippen LogP contribution >= 0.6 is 11.6 Å². The number of amides is 1. The van der Waals surface area contributed by atoms with Gasteiger partial charge in [0.2, 0.25) is 0 Å². The lowest BCUT2D eigenvalue weighted by atomic mass is 10.1. The Kier molecular flexibility index (Phi) is 5.02. The van der Waals surface area contributed by atoms with E-state index in [-0.39, 0.29) is 5.91 Å². The molecule has 0 spiro atoms. The smallest absolute Gasteiger partial charge is 0.328 e. The molecule has 0 aromatic heterocycles. The molecule has 1 N–H and O–H groups in total. The Morgan fingerprint density at radius 3 is 2.67 bits per heavy atom. The Balaban J connectivity index is 2.18. The van der Waals surface area contributed by atoms with Crippen LogP contribution in [0.1, 0.15) is 42.1 Å². The van der Waals surface area contributed by atoms with E-state index in [0.29, 0.717) is 22.2 Å². The second-order valence-electron chi connectivity index (χ2n) is 5.14. The minimum Gasteiger partial charge on any atom is -0.478 e. The Labute approximate surface area is 129 Å². The van der Waals surface area contributed by atoms with Crippen molar-refractivity contribution in [1.82, 2.24) is 4.90 Å². The Bertz CT molecular complexity index is 579. The van der Waals surface area contributed by atoms with Crippen molar-refractivity contribution in [3.05, 3.63) is 40.4 Å². The minimum absolute atomic E-state index is 0.00462. The number of carbonyl (C=O) groups excluding carboxylic acids is 1. The highest BCUT2D eigenvalue weighted by Gasteiger charge is 2.32. The van der Waals surface area contributed by atoms with Crippen LogP contribution in [0.3, 0.4) is 0 Å². The molecule has 5 heteroatoms. The lowest BCUT2D eigenvalue weighted by Gasteiger charge is -2.22. The summed E-state index contributed by atoms with van der Waals surface area (Å²) in [6.45, 7) is 2.80. The molecule has 1 aromatic carbocycles. The molecule has 0 unspecified atom stereocenters. The van der Waals surface area contributed by atoms with E-state index in [4.69, 9.17) is 16.7 Å². The largest absolute Gasteiger partial charge is 0.478 e. The van der Waals surface area contributed by atoms with E-state index in [1.807, 2.05) is 4.90 Å². The van der Waals surface area contributed by atoms with Gasteiger partial charge in [-0.2, -0.15) is 0 Å². The van der Waals surface area contributed by atoms with Crippen LogP contribution in [0.25, 0.3) is 6.08 Å². The van der Waals surface area contributed by atoms with Crippen LogP contribution < -0.4 is 0 Å². The Hall–Kier alpha value is -1.81. The molecule has 0 radical (unpaired) electrons. The van der Waals surface area contributed by atoms with E-state index in [9.17, 15) is 9.59 Å². The number of hydrogen-bond donors (Lipinski definition) is 1. The molecular formula is C16H18ClNO3. The average molecular weight is 308 g/mol. The van der Waals surface area contributed by atoms with Crippen LogP contribution in [0, 0.1) is 0 Å². The van der Waals surface area contributed by atoms with Crippen molar-refractivity contribution in [3.8, 4) is 0 Å². The van der Waals surface area contributed by atoms with E-state index in [1.54, 1.807) is 18.2 Å². The van der Waals surface area contributed by atoms with Gasteiger partial charge >= 0.3 is 5.97 Å². The van der Waals surface area contributed by atoms with E-state index in [2.05, 4.69) is 6.92 Å². The number of carbonyl (C=O) groups is 2. The number of carboxylic acid groups (broad SMARTS) is 1. The maximum Gasteiger partial charge on any atom is 0.328 e. The van der Waals surface area contributed by atoms with Crippen molar-refractivity contribution in [2.24, 2.45) is 0 Å². The molecule has 0 atom stereocenters. The number of aliphatic carboxylic acids is 1. The van der Waals surface area contributed by atoms with Gasteiger partial charge in [0.25, 0.3) is 5.91 Å². The summed E-state index contributed by atoms with van der Waals surface area (Å²) in [5.74, 6) is -1.04. The minimum atomic E-state index is -1.03. The molecule has 112 valence electrons. The molecule has 1 aromatic rings. The molecule has 2 rings (SSSR count). The summed E-state index contributed by atoms with van der Waals surface area (Å²) in [5.41, 5.74) is 1.14. The van der Waals surface area contributed by atoms with Crippen molar-refractivity contribution >= 4 is 29.6 Å². The zero-order valence-corrected chi connectivity index (χ0v) is 12.6. The molecular weight excluding hydrogens is 290 g/mol. The third-order valence-electron chi connectivity index (χ3n) is 3.37. The SMILES string of the molecule is CCCN(C(=O)c1ccc(/C=C/C(=O)O)c(Cl)c1)C1CC1. The molecule has 1 amide bonds. The van der Waals surface area contributed by atoms with E-state index < -0.39 is 5.97 Å². The summed E-state index contributed by atoms with van der Waals surface area (Å²) in [7, 11) is 0. The average Bonchev–Trinajstić information content (AvgIpc) is 3.27. The van der Waals surface area contributed by atoms with Gasteiger partial charge in [0.05, 0.1) is 0 Å². The highest BCUT2D eigenvalue weighted by molar-refractivity contribution is 6.32. The molecule has 1 saturated carbocycles. The predicted molar refractivity (Wildman–Crippen MR) is 82.5 cm³/mol. The van der Waals surface area contributed by atoms with Crippen LogP contribution in [0.4, 0.5) is 0 Å². The van der Waals surface area contributed by atoms with Gasteiger partial charge in [0.1, 0.15) is 0 Å². The monoisotopic (exact) mass is 307 g/mol. The van der Waals surface area contributed by atoms with Gasteiger partial charge in [-0.25, -0.2) is 4.79 Å². The summed E-state index contributed by atoms with van der Waals surface area (Å²) in [4.78, 5) is 24.9. The van der Waals surface area contributed by atoms with Gasteiger partial charge in [0, 0.05) is 29.2 Å². The van der Waals surface area contributed by atoms with Crippen LogP contribution in [0.5, 0.6) is 0 Å². The van der Waals surface area contributed by atoms with Crippen LogP contribution in [0.15, 0.2) is 24.3 Å². The molecule has 0 saturated heterocycles. The lowest BCUT2D eigenvalue weighted by molar-refractivity contribution is -0.131.